The first-order valence-electron chi connectivity index (χ1n) is 8.98. The Hall–Kier alpha value is -2.70. The van der Waals surface area contributed by atoms with E-state index in [1.54, 1.807) is 26.0 Å². The van der Waals surface area contributed by atoms with Crippen LogP contribution in [0.5, 0.6) is 5.75 Å². The van der Waals surface area contributed by atoms with E-state index in [1.165, 1.54) is 13.2 Å². The lowest BCUT2D eigenvalue weighted by atomic mass is 10.0. The minimum atomic E-state index is -4.52. The summed E-state index contributed by atoms with van der Waals surface area (Å²) < 4.78 is 50.6. The largest absolute Gasteiger partial charge is 0.488 e. The zero-order chi connectivity index (χ0) is 20.5. The topological polar surface area (TPSA) is 47.6 Å². The summed E-state index contributed by atoms with van der Waals surface area (Å²) in [7, 11) is 1.25. The second-order valence-electron chi connectivity index (χ2n) is 6.98. The molecule has 150 valence electrons. The van der Waals surface area contributed by atoms with Crippen molar-refractivity contribution in [2.45, 2.75) is 45.4 Å². The molecular weight excluding hydrogens is 371 g/mol. The summed E-state index contributed by atoms with van der Waals surface area (Å²) >= 11 is 0. The number of hydrogen-bond donors (Lipinski definition) is 1. The number of hydrogen-bond acceptors (Lipinski definition) is 3. The van der Waals surface area contributed by atoms with Gasteiger partial charge in [0.1, 0.15) is 12.4 Å². The maximum atomic E-state index is 13.4. The molecule has 1 amide bonds. The summed E-state index contributed by atoms with van der Waals surface area (Å²) in [5, 5.41) is 2.62. The fourth-order valence-electron chi connectivity index (χ4n) is 3.10. The highest BCUT2D eigenvalue weighted by atomic mass is 19.4. The number of carbonyl (C=O) groups is 1. The van der Waals surface area contributed by atoms with Gasteiger partial charge in [-0.3, -0.25) is 5.32 Å². The quantitative estimate of drug-likeness (QED) is 0.682. The minimum Gasteiger partial charge on any atom is -0.488 e. The average molecular weight is 393 g/mol. The molecule has 0 aromatic heterocycles. The fourth-order valence-corrected chi connectivity index (χ4v) is 3.10. The van der Waals surface area contributed by atoms with Crippen LogP contribution in [0.3, 0.4) is 0 Å². The predicted molar refractivity (Wildman–Crippen MR) is 99.7 cm³/mol. The van der Waals surface area contributed by atoms with Crippen molar-refractivity contribution in [3.63, 3.8) is 0 Å². The molecular formula is C21H22F3NO3. The smallest absolute Gasteiger partial charge is 0.419 e. The molecule has 1 fully saturated rings. The average Bonchev–Trinajstić information content (AvgIpc) is 3.46. The summed E-state index contributed by atoms with van der Waals surface area (Å²) in [5.74, 6) is 0.116. The molecule has 1 saturated carbocycles. The van der Waals surface area contributed by atoms with Crippen molar-refractivity contribution in [1.29, 1.82) is 0 Å². The molecule has 0 atom stereocenters. The third-order valence-corrected chi connectivity index (χ3v) is 4.92. The second kappa shape index (κ2) is 7.73. The number of alkyl halides is 3. The Morgan fingerprint density at radius 2 is 1.86 bits per heavy atom. The van der Waals surface area contributed by atoms with E-state index >= 15 is 0 Å². The SMILES string of the molecule is COC(=O)Nc1cccc(C2CC2)c1COc1cc(C)c(C)cc1C(F)(F)F. The molecule has 1 aliphatic carbocycles. The van der Waals surface area contributed by atoms with Gasteiger partial charge in [-0.1, -0.05) is 12.1 Å². The van der Waals surface area contributed by atoms with E-state index in [1.807, 2.05) is 6.07 Å². The molecule has 1 aliphatic rings. The standard InChI is InChI=1S/C21H22F3NO3/c1-12-9-17(21(22,23)24)19(10-13(12)2)28-11-16-15(14-7-8-14)5-4-6-18(16)25-20(26)27-3/h4-6,9-10,14H,7-8,11H2,1-3H3,(H,25,26). The van der Waals surface area contributed by atoms with Crippen molar-refractivity contribution in [2.75, 3.05) is 12.4 Å². The maximum Gasteiger partial charge on any atom is 0.419 e. The van der Waals surface area contributed by atoms with Gasteiger partial charge in [-0.25, -0.2) is 4.79 Å². The minimum absolute atomic E-state index is 0.0857. The number of amides is 1. The summed E-state index contributed by atoms with van der Waals surface area (Å²) in [6, 6.07) is 7.92. The number of ether oxygens (including phenoxy) is 2. The summed E-state index contributed by atoms with van der Waals surface area (Å²) in [6.45, 7) is 3.29. The number of halogens is 3. The first kappa shape index (κ1) is 20.0. The Labute approximate surface area is 161 Å². The van der Waals surface area contributed by atoms with E-state index in [2.05, 4.69) is 10.1 Å². The van der Waals surface area contributed by atoms with E-state index in [0.717, 1.165) is 24.5 Å². The normalized spacial score (nSPS) is 13.9. The van der Waals surface area contributed by atoms with Gasteiger partial charge >= 0.3 is 12.3 Å². The van der Waals surface area contributed by atoms with E-state index in [4.69, 9.17) is 4.74 Å². The van der Waals surface area contributed by atoms with Crippen LogP contribution in [0.4, 0.5) is 23.7 Å². The number of carbonyl (C=O) groups excluding carboxylic acids is 1. The van der Waals surface area contributed by atoms with Gasteiger partial charge in [0.2, 0.25) is 0 Å². The molecule has 0 saturated heterocycles. The highest BCUT2D eigenvalue weighted by molar-refractivity contribution is 5.86. The van der Waals surface area contributed by atoms with Crippen molar-refractivity contribution in [2.24, 2.45) is 0 Å². The second-order valence-corrected chi connectivity index (χ2v) is 6.98. The summed E-state index contributed by atoms with van der Waals surface area (Å²) in [5.41, 5.74) is 2.58. The van der Waals surface area contributed by atoms with E-state index in [-0.39, 0.29) is 12.4 Å². The van der Waals surface area contributed by atoms with Crippen LogP contribution >= 0.6 is 0 Å². The third kappa shape index (κ3) is 4.40. The monoisotopic (exact) mass is 393 g/mol. The molecule has 0 spiro atoms. The Morgan fingerprint density at radius 1 is 1.18 bits per heavy atom. The van der Waals surface area contributed by atoms with Gasteiger partial charge in [-0.05, 0) is 67.5 Å². The van der Waals surface area contributed by atoms with Crippen molar-refractivity contribution < 1.29 is 27.4 Å². The molecule has 0 bridgehead atoms. The lowest BCUT2D eigenvalue weighted by Gasteiger charge is -2.19. The Balaban J connectivity index is 1.94. The molecule has 0 aliphatic heterocycles. The Morgan fingerprint density at radius 3 is 2.46 bits per heavy atom. The van der Waals surface area contributed by atoms with Gasteiger partial charge in [0.15, 0.2) is 0 Å². The molecule has 1 N–H and O–H groups in total. The number of benzene rings is 2. The van der Waals surface area contributed by atoms with Crippen LogP contribution in [-0.4, -0.2) is 13.2 Å². The molecule has 0 radical (unpaired) electrons. The number of aryl methyl sites for hydroxylation is 2. The van der Waals surface area contributed by atoms with Crippen molar-refractivity contribution >= 4 is 11.8 Å². The third-order valence-electron chi connectivity index (χ3n) is 4.92. The molecule has 7 heteroatoms. The van der Waals surface area contributed by atoms with Crippen molar-refractivity contribution in [3.05, 3.63) is 58.1 Å². The Bertz CT molecular complexity index is 889. The lowest BCUT2D eigenvalue weighted by Crippen LogP contribution is -2.15. The highest BCUT2D eigenvalue weighted by Crippen LogP contribution is 2.44. The zero-order valence-corrected chi connectivity index (χ0v) is 15.9. The van der Waals surface area contributed by atoms with Crippen LogP contribution in [0.15, 0.2) is 30.3 Å². The highest BCUT2D eigenvalue weighted by Gasteiger charge is 2.35. The van der Waals surface area contributed by atoms with Crippen LogP contribution in [0.2, 0.25) is 0 Å². The fraction of sp³-hybridized carbons (Fsp3) is 0.381. The van der Waals surface area contributed by atoms with Gasteiger partial charge in [0, 0.05) is 5.56 Å². The van der Waals surface area contributed by atoms with Crippen molar-refractivity contribution in [1.82, 2.24) is 0 Å². The van der Waals surface area contributed by atoms with Crippen molar-refractivity contribution in [3.8, 4) is 5.75 Å². The van der Waals surface area contributed by atoms with Gasteiger partial charge in [0.25, 0.3) is 0 Å². The summed E-state index contributed by atoms with van der Waals surface area (Å²) in [6.07, 6.45) is -3.15. The summed E-state index contributed by atoms with van der Waals surface area (Å²) in [4.78, 5) is 11.6. The Kier molecular flexibility index (Phi) is 5.54. The van der Waals surface area contributed by atoms with Crippen LogP contribution in [0.25, 0.3) is 0 Å². The van der Waals surface area contributed by atoms with Crippen LogP contribution in [0, 0.1) is 13.8 Å². The van der Waals surface area contributed by atoms with E-state index < -0.39 is 17.8 Å². The molecule has 28 heavy (non-hydrogen) atoms. The van der Waals surface area contributed by atoms with E-state index in [9.17, 15) is 18.0 Å². The van der Waals surface area contributed by atoms with Crippen LogP contribution in [0.1, 0.15) is 46.6 Å². The van der Waals surface area contributed by atoms with Crippen LogP contribution < -0.4 is 10.1 Å². The van der Waals surface area contributed by atoms with Gasteiger partial charge in [-0.15, -0.1) is 0 Å². The molecule has 0 unspecified atom stereocenters. The molecule has 4 nitrogen and oxygen atoms in total. The number of anilines is 1. The maximum absolute atomic E-state index is 13.4. The van der Waals surface area contributed by atoms with Gasteiger partial charge in [0.05, 0.1) is 18.4 Å². The van der Waals surface area contributed by atoms with E-state index in [0.29, 0.717) is 28.3 Å². The first-order valence-corrected chi connectivity index (χ1v) is 8.98. The lowest BCUT2D eigenvalue weighted by molar-refractivity contribution is -0.139. The van der Waals surface area contributed by atoms with Crippen LogP contribution in [-0.2, 0) is 17.5 Å². The first-order chi connectivity index (χ1) is 13.2. The number of methoxy groups -OCH3 is 1. The zero-order valence-electron chi connectivity index (χ0n) is 15.9. The molecule has 2 aromatic carbocycles. The molecule has 2 aromatic rings. The number of rotatable bonds is 5. The number of nitrogens with one attached hydrogen (secondary N) is 1. The predicted octanol–water partition coefficient (Wildman–Crippen LogP) is 5.96. The van der Waals surface area contributed by atoms with Gasteiger partial charge < -0.3 is 9.47 Å². The molecule has 0 heterocycles. The molecule has 3 rings (SSSR count). The van der Waals surface area contributed by atoms with Gasteiger partial charge in [-0.2, -0.15) is 13.2 Å².